The molecule has 3 N–H and O–H groups in total. The molecule has 0 aliphatic carbocycles. The number of hydrogen-bond acceptors (Lipinski definition) is 6. The van der Waals surface area contributed by atoms with Crippen molar-refractivity contribution < 1.29 is 14.6 Å². The molecule has 0 unspecified atom stereocenters. The number of rotatable bonds is 5. The number of aromatic amines is 1. The van der Waals surface area contributed by atoms with Gasteiger partial charge in [-0.15, -0.1) is 11.3 Å². The van der Waals surface area contributed by atoms with Crippen LogP contribution in [0.5, 0.6) is 11.5 Å². The molecular weight excluding hydrogens is 340 g/mol. The average Bonchev–Trinajstić information content (AvgIpc) is 3.25. The van der Waals surface area contributed by atoms with Crippen LogP contribution in [0.4, 0.5) is 0 Å². The van der Waals surface area contributed by atoms with Crippen molar-refractivity contribution in [1.82, 2.24) is 15.6 Å². The van der Waals surface area contributed by atoms with Crippen LogP contribution in [-0.2, 0) is 0 Å². The van der Waals surface area contributed by atoms with E-state index in [1.54, 1.807) is 35.6 Å². The lowest BCUT2D eigenvalue weighted by molar-refractivity contribution is 0.0950. The van der Waals surface area contributed by atoms with Crippen LogP contribution in [0.15, 0.2) is 41.5 Å². The van der Waals surface area contributed by atoms with Crippen molar-refractivity contribution in [2.24, 2.45) is 5.10 Å². The Bertz CT molecular complexity index is 930. The fraction of sp³-hybridized carbons (Fsp3) is 0.118. The Balaban J connectivity index is 1.68. The van der Waals surface area contributed by atoms with E-state index in [0.717, 1.165) is 10.6 Å². The molecule has 3 aromatic rings. The minimum Gasteiger partial charge on any atom is -0.504 e. The van der Waals surface area contributed by atoms with Gasteiger partial charge in [-0.25, -0.2) is 5.43 Å². The lowest BCUT2D eigenvalue weighted by atomic mass is 10.2. The number of aryl methyl sites for hydroxylation is 1. The van der Waals surface area contributed by atoms with Crippen LogP contribution >= 0.6 is 11.3 Å². The molecule has 0 saturated heterocycles. The Morgan fingerprint density at radius 3 is 2.96 bits per heavy atom. The Morgan fingerprint density at radius 1 is 1.40 bits per heavy atom. The largest absolute Gasteiger partial charge is 0.504 e. The summed E-state index contributed by atoms with van der Waals surface area (Å²) in [4.78, 5) is 14.3. The molecule has 2 aromatic heterocycles. The normalized spacial score (nSPS) is 11.0. The lowest BCUT2D eigenvalue weighted by Crippen LogP contribution is -2.18. The number of aromatic hydroxyl groups is 1. The van der Waals surface area contributed by atoms with Crippen molar-refractivity contribution in [3.63, 3.8) is 0 Å². The Kier molecular flexibility index (Phi) is 4.80. The molecule has 0 atom stereocenters. The number of aromatic nitrogens is 2. The van der Waals surface area contributed by atoms with E-state index in [4.69, 9.17) is 4.74 Å². The standard InChI is InChI=1S/C17H16N4O3S/c1-10-6-7-15(25-10)12-8-13(20-19-12)17(23)21-18-9-11-4-3-5-14(24-2)16(11)22/h3-9,22H,1-2H3,(H,19,20)(H,21,23). The predicted molar refractivity (Wildman–Crippen MR) is 96.4 cm³/mol. The number of para-hydroxylation sites is 1. The third-order valence-electron chi connectivity index (χ3n) is 3.44. The highest BCUT2D eigenvalue weighted by molar-refractivity contribution is 7.15. The summed E-state index contributed by atoms with van der Waals surface area (Å²) in [6, 6.07) is 10.6. The fourth-order valence-electron chi connectivity index (χ4n) is 2.17. The molecule has 3 rings (SSSR count). The van der Waals surface area contributed by atoms with Crippen LogP contribution < -0.4 is 10.2 Å². The highest BCUT2D eigenvalue weighted by Crippen LogP contribution is 2.28. The van der Waals surface area contributed by atoms with Crippen LogP contribution in [0.25, 0.3) is 10.6 Å². The molecule has 25 heavy (non-hydrogen) atoms. The summed E-state index contributed by atoms with van der Waals surface area (Å²) >= 11 is 1.61. The summed E-state index contributed by atoms with van der Waals surface area (Å²) < 4.78 is 5.02. The molecular formula is C17H16N4O3S. The van der Waals surface area contributed by atoms with E-state index in [-0.39, 0.29) is 11.4 Å². The molecule has 8 heteroatoms. The van der Waals surface area contributed by atoms with Gasteiger partial charge in [-0.1, -0.05) is 6.07 Å². The summed E-state index contributed by atoms with van der Waals surface area (Å²) in [6.07, 6.45) is 1.34. The molecule has 0 radical (unpaired) electrons. The first kappa shape index (κ1) is 16.7. The van der Waals surface area contributed by atoms with Crippen molar-refractivity contribution in [1.29, 1.82) is 0 Å². The van der Waals surface area contributed by atoms with Crippen molar-refractivity contribution >= 4 is 23.5 Å². The van der Waals surface area contributed by atoms with E-state index >= 15 is 0 Å². The molecule has 0 aliphatic heterocycles. The number of H-pyrrole nitrogens is 1. The van der Waals surface area contributed by atoms with E-state index in [1.165, 1.54) is 18.2 Å². The number of methoxy groups -OCH3 is 1. The first-order valence-electron chi connectivity index (χ1n) is 7.40. The van der Waals surface area contributed by atoms with E-state index in [0.29, 0.717) is 11.3 Å². The molecule has 0 saturated carbocycles. The molecule has 1 aromatic carbocycles. The minimum atomic E-state index is -0.450. The van der Waals surface area contributed by atoms with Crippen LogP contribution in [0.1, 0.15) is 20.9 Å². The smallest absolute Gasteiger partial charge is 0.291 e. The number of nitrogens with one attached hydrogen (secondary N) is 2. The van der Waals surface area contributed by atoms with E-state index in [1.807, 2.05) is 19.1 Å². The van der Waals surface area contributed by atoms with E-state index in [9.17, 15) is 9.90 Å². The number of nitrogens with zero attached hydrogens (tertiary/aromatic N) is 2. The number of phenols is 1. The quantitative estimate of drug-likeness (QED) is 0.483. The van der Waals surface area contributed by atoms with Crippen molar-refractivity contribution in [2.75, 3.05) is 7.11 Å². The first-order chi connectivity index (χ1) is 12.1. The van der Waals surface area contributed by atoms with Crippen molar-refractivity contribution in [3.05, 3.63) is 52.5 Å². The summed E-state index contributed by atoms with van der Waals surface area (Å²) in [7, 11) is 1.46. The third kappa shape index (κ3) is 3.69. The van der Waals surface area contributed by atoms with Gasteiger partial charge in [0, 0.05) is 10.4 Å². The third-order valence-corrected chi connectivity index (χ3v) is 4.47. The van der Waals surface area contributed by atoms with E-state index < -0.39 is 5.91 Å². The number of phenolic OH excluding ortho intramolecular Hbond substituents is 1. The van der Waals surface area contributed by atoms with Crippen LogP contribution in [0, 0.1) is 6.92 Å². The monoisotopic (exact) mass is 356 g/mol. The van der Waals surface area contributed by atoms with Crippen LogP contribution in [0.2, 0.25) is 0 Å². The van der Waals surface area contributed by atoms with Gasteiger partial charge in [0.2, 0.25) is 0 Å². The van der Waals surface area contributed by atoms with Gasteiger partial charge >= 0.3 is 0 Å². The van der Waals surface area contributed by atoms with Gasteiger partial charge in [-0.2, -0.15) is 10.2 Å². The van der Waals surface area contributed by atoms with Crippen LogP contribution in [0.3, 0.4) is 0 Å². The number of amides is 1. The summed E-state index contributed by atoms with van der Waals surface area (Å²) in [6.45, 7) is 2.01. The number of hydrogen-bond donors (Lipinski definition) is 3. The van der Waals surface area contributed by atoms with Gasteiger partial charge in [-0.3, -0.25) is 9.89 Å². The second-order valence-electron chi connectivity index (χ2n) is 5.17. The van der Waals surface area contributed by atoms with Gasteiger partial charge in [0.25, 0.3) is 5.91 Å². The molecule has 0 spiro atoms. The lowest BCUT2D eigenvalue weighted by Gasteiger charge is -2.04. The predicted octanol–water partition coefficient (Wildman–Crippen LogP) is 2.92. The topological polar surface area (TPSA) is 99.6 Å². The highest BCUT2D eigenvalue weighted by Gasteiger charge is 2.12. The number of ether oxygens (including phenoxy) is 1. The Morgan fingerprint density at radius 2 is 2.24 bits per heavy atom. The van der Waals surface area contributed by atoms with Gasteiger partial charge in [0.05, 0.1) is 23.9 Å². The number of thiophene rings is 1. The van der Waals surface area contributed by atoms with E-state index in [2.05, 4.69) is 20.7 Å². The summed E-state index contributed by atoms with van der Waals surface area (Å²) in [5.41, 5.74) is 3.81. The minimum absolute atomic E-state index is 0.0434. The van der Waals surface area contributed by atoms with Crippen LogP contribution in [-0.4, -0.2) is 34.5 Å². The van der Waals surface area contributed by atoms with Crippen molar-refractivity contribution in [2.45, 2.75) is 6.92 Å². The number of benzene rings is 1. The zero-order chi connectivity index (χ0) is 17.8. The SMILES string of the molecule is COc1cccc(C=NNC(=O)c2cc(-c3ccc(C)s3)[nH]n2)c1O. The maximum Gasteiger partial charge on any atom is 0.291 e. The second-order valence-corrected chi connectivity index (χ2v) is 6.46. The summed E-state index contributed by atoms with van der Waals surface area (Å²) in [5, 5.41) is 20.6. The van der Waals surface area contributed by atoms with Gasteiger partial charge in [0.1, 0.15) is 0 Å². The highest BCUT2D eigenvalue weighted by atomic mass is 32.1. The first-order valence-corrected chi connectivity index (χ1v) is 8.21. The van der Waals surface area contributed by atoms with Crippen molar-refractivity contribution in [3.8, 4) is 22.1 Å². The maximum absolute atomic E-state index is 12.1. The molecule has 0 aliphatic rings. The second kappa shape index (κ2) is 7.18. The average molecular weight is 356 g/mol. The molecule has 0 bridgehead atoms. The Labute approximate surface area is 148 Å². The summed E-state index contributed by atoms with van der Waals surface area (Å²) in [5.74, 6) is -0.161. The number of hydrazone groups is 1. The molecule has 7 nitrogen and oxygen atoms in total. The Hall–Kier alpha value is -3.13. The molecule has 0 fully saturated rings. The molecule has 2 heterocycles. The van der Waals surface area contributed by atoms with Gasteiger partial charge in [0.15, 0.2) is 17.2 Å². The molecule has 1 amide bonds. The molecule has 128 valence electrons. The zero-order valence-corrected chi connectivity index (χ0v) is 14.4. The maximum atomic E-state index is 12.1. The van der Waals surface area contributed by atoms with Gasteiger partial charge in [-0.05, 0) is 37.3 Å². The zero-order valence-electron chi connectivity index (χ0n) is 13.6. The van der Waals surface area contributed by atoms with Gasteiger partial charge < -0.3 is 9.84 Å². The fourth-order valence-corrected chi connectivity index (χ4v) is 3.00. The number of carbonyl (C=O) groups excluding carboxylic acids is 1. The number of carbonyl (C=O) groups is 1.